The molecule has 0 spiro atoms. The van der Waals surface area contributed by atoms with Crippen LogP contribution in [0, 0.1) is 6.92 Å². The Morgan fingerprint density at radius 2 is 1.76 bits per heavy atom. The molecule has 3 nitrogen and oxygen atoms in total. The van der Waals surface area contributed by atoms with Crippen molar-refractivity contribution in [3.63, 3.8) is 0 Å². The van der Waals surface area contributed by atoms with E-state index in [0.29, 0.717) is 0 Å². The number of ether oxygens (including phenoxy) is 1. The lowest BCUT2D eigenvalue weighted by Crippen LogP contribution is -2.32. The molecule has 0 aromatic heterocycles. The first-order chi connectivity index (χ1) is 10.2. The summed E-state index contributed by atoms with van der Waals surface area (Å²) in [6.07, 6.45) is 0. The van der Waals surface area contributed by atoms with Gasteiger partial charge in [-0.1, -0.05) is 36.4 Å². The zero-order chi connectivity index (χ0) is 15.2. The number of likely N-dealkylation sites (N-methyl/N-ethyl adjacent to an activating group) is 1. The second-order valence-electron chi connectivity index (χ2n) is 5.17. The molecule has 112 valence electrons. The number of methoxy groups -OCH3 is 1. The van der Waals surface area contributed by atoms with E-state index in [1.807, 2.05) is 24.3 Å². The first-order valence-electron chi connectivity index (χ1n) is 7.36. The number of nitrogens with two attached hydrogens (primary N) is 1. The van der Waals surface area contributed by atoms with Crippen LogP contribution in [0.2, 0.25) is 0 Å². The van der Waals surface area contributed by atoms with Gasteiger partial charge in [0.25, 0.3) is 0 Å². The molecule has 0 aliphatic heterocycles. The summed E-state index contributed by atoms with van der Waals surface area (Å²) in [6.45, 7) is 5.98. The summed E-state index contributed by atoms with van der Waals surface area (Å²) >= 11 is 0. The molecule has 2 N–H and O–H groups in total. The van der Waals surface area contributed by atoms with Gasteiger partial charge in [0.2, 0.25) is 0 Å². The van der Waals surface area contributed by atoms with Crippen LogP contribution in [0.1, 0.15) is 24.1 Å². The molecule has 3 heteroatoms. The number of aryl methyl sites for hydroxylation is 1. The van der Waals surface area contributed by atoms with Gasteiger partial charge in [0, 0.05) is 24.3 Å². The van der Waals surface area contributed by atoms with Gasteiger partial charge in [-0.3, -0.25) is 0 Å². The average molecular weight is 284 g/mol. The van der Waals surface area contributed by atoms with Crippen molar-refractivity contribution in [2.24, 2.45) is 5.73 Å². The van der Waals surface area contributed by atoms with Crippen molar-refractivity contribution in [2.75, 3.05) is 25.1 Å². The minimum Gasteiger partial charge on any atom is -0.496 e. The van der Waals surface area contributed by atoms with Gasteiger partial charge < -0.3 is 15.4 Å². The van der Waals surface area contributed by atoms with Crippen LogP contribution in [0.25, 0.3) is 0 Å². The molecule has 0 saturated carbocycles. The van der Waals surface area contributed by atoms with E-state index in [0.717, 1.165) is 24.4 Å². The van der Waals surface area contributed by atoms with E-state index >= 15 is 0 Å². The molecule has 0 fully saturated rings. The second kappa shape index (κ2) is 7.14. The van der Waals surface area contributed by atoms with Gasteiger partial charge in [-0.25, -0.2) is 0 Å². The van der Waals surface area contributed by atoms with Crippen molar-refractivity contribution in [3.05, 3.63) is 59.7 Å². The quantitative estimate of drug-likeness (QED) is 0.882. The minimum atomic E-state index is -0.0827. The van der Waals surface area contributed by atoms with Crippen molar-refractivity contribution in [1.82, 2.24) is 0 Å². The Labute approximate surface area is 127 Å². The molecule has 0 amide bonds. The molecule has 0 heterocycles. The first kappa shape index (κ1) is 15.4. The monoisotopic (exact) mass is 284 g/mol. The highest BCUT2D eigenvalue weighted by molar-refractivity contribution is 5.53. The third kappa shape index (κ3) is 3.56. The number of benzene rings is 2. The van der Waals surface area contributed by atoms with E-state index in [1.165, 1.54) is 11.3 Å². The lowest BCUT2D eigenvalue weighted by atomic mass is 10.0. The van der Waals surface area contributed by atoms with Gasteiger partial charge >= 0.3 is 0 Å². The molecule has 21 heavy (non-hydrogen) atoms. The molecule has 0 aliphatic carbocycles. The highest BCUT2D eigenvalue weighted by Crippen LogP contribution is 2.26. The Morgan fingerprint density at radius 1 is 1.10 bits per heavy atom. The number of nitrogens with zero attached hydrogens (tertiary/aromatic N) is 1. The van der Waals surface area contributed by atoms with Crippen LogP contribution in [0.5, 0.6) is 5.75 Å². The summed E-state index contributed by atoms with van der Waals surface area (Å²) < 4.78 is 5.41. The molecular weight excluding hydrogens is 260 g/mol. The zero-order valence-electron chi connectivity index (χ0n) is 13.0. The van der Waals surface area contributed by atoms with Gasteiger partial charge in [-0.05, 0) is 31.5 Å². The van der Waals surface area contributed by atoms with Gasteiger partial charge in [0.15, 0.2) is 0 Å². The van der Waals surface area contributed by atoms with Gasteiger partial charge in [-0.2, -0.15) is 0 Å². The Hall–Kier alpha value is -2.00. The van der Waals surface area contributed by atoms with E-state index < -0.39 is 0 Å². The molecule has 0 bridgehead atoms. The van der Waals surface area contributed by atoms with Gasteiger partial charge in [0.1, 0.15) is 5.75 Å². The minimum absolute atomic E-state index is 0.0827. The van der Waals surface area contributed by atoms with Crippen LogP contribution in [0.15, 0.2) is 48.5 Å². The van der Waals surface area contributed by atoms with Crippen molar-refractivity contribution in [1.29, 1.82) is 0 Å². The number of anilines is 1. The largest absolute Gasteiger partial charge is 0.496 e. The molecule has 0 aliphatic rings. The summed E-state index contributed by atoms with van der Waals surface area (Å²) in [5, 5.41) is 0. The van der Waals surface area contributed by atoms with Crippen LogP contribution < -0.4 is 15.4 Å². The number of para-hydroxylation sites is 2. The highest BCUT2D eigenvalue weighted by atomic mass is 16.5. The zero-order valence-corrected chi connectivity index (χ0v) is 13.0. The van der Waals surface area contributed by atoms with Crippen molar-refractivity contribution >= 4 is 5.69 Å². The maximum atomic E-state index is 6.41. The number of hydrogen-bond acceptors (Lipinski definition) is 3. The van der Waals surface area contributed by atoms with Crippen molar-refractivity contribution < 1.29 is 4.74 Å². The van der Waals surface area contributed by atoms with Crippen LogP contribution in [-0.4, -0.2) is 20.2 Å². The van der Waals surface area contributed by atoms with Crippen molar-refractivity contribution in [3.8, 4) is 5.75 Å². The Balaban J connectivity index is 2.20. The molecule has 2 aromatic carbocycles. The molecule has 1 unspecified atom stereocenters. The van der Waals surface area contributed by atoms with E-state index in [-0.39, 0.29) is 6.04 Å². The van der Waals surface area contributed by atoms with Gasteiger partial charge in [-0.15, -0.1) is 0 Å². The van der Waals surface area contributed by atoms with Crippen LogP contribution in [0.3, 0.4) is 0 Å². The lowest BCUT2D eigenvalue weighted by molar-refractivity contribution is 0.405. The molecule has 2 aromatic rings. The average Bonchev–Trinajstić information content (AvgIpc) is 2.53. The molecular formula is C18H24N2O. The van der Waals surface area contributed by atoms with Gasteiger partial charge in [0.05, 0.1) is 13.2 Å². The lowest BCUT2D eigenvalue weighted by Gasteiger charge is -2.28. The topological polar surface area (TPSA) is 38.5 Å². The maximum absolute atomic E-state index is 6.41. The maximum Gasteiger partial charge on any atom is 0.123 e. The smallest absolute Gasteiger partial charge is 0.123 e. The molecule has 1 atom stereocenters. The normalized spacial score (nSPS) is 12.0. The Bertz CT molecular complexity index is 583. The fourth-order valence-electron chi connectivity index (χ4n) is 2.62. The van der Waals surface area contributed by atoms with E-state index in [4.69, 9.17) is 10.5 Å². The predicted molar refractivity (Wildman–Crippen MR) is 89.0 cm³/mol. The van der Waals surface area contributed by atoms with E-state index in [9.17, 15) is 0 Å². The Morgan fingerprint density at radius 3 is 2.43 bits per heavy atom. The SMILES string of the molecule is CCN(CC(N)c1ccccc1OC)c1ccccc1C. The Kier molecular flexibility index (Phi) is 5.23. The summed E-state index contributed by atoms with van der Waals surface area (Å²) in [7, 11) is 1.69. The fraction of sp³-hybridized carbons (Fsp3) is 0.333. The summed E-state index contributed by atoms with van der Waals surface area (Å²) in [5.41, 5.74) is 9.97. The van der Waals surface area contributed by atoms with Crippen molar-refractivity contribution in [2.45, 2.75) is 19.9 Å². The highest BCUT2D eigenvalue weighted by Gasteiger charge is 2.16. The fourth-order valence-corrected chi connectivity index (χ4v) is 2.62. The van der Waals surface area contributed by atoms with Crippen LogP contribution in [0.4, 0.5) is 5.69 Å². The third-order valence-electron chi connectivity index (χ3n) is 3.79. The molecule has 0 radical (unpaired) electrons. The number of hydrogen-bond donors (Lipinski definition) is 1. The van der Waals surface area contributed by atoms with E-state index in [2.05, 4.69) is 43.0 Å². The summed E-state index contributed by atoms with van der Waals surface area (Å²) in [4.78, 5) is 2.31. The second-order valence-corrected chi connectivity index (χ2v) is 5.17. The molecule has 0 saturated heterocycles. The predicted octanol–water partition coefficient (Wildman–Crippen LogP) is 3.53. The third-order valence-corrected chi connectivity index (χ3v) is 3.79. The van der Waals surface area contributed by atoms with Crippen LogP contribution >= 0.6 is 0 Å². The van der Waals surface area contributed by atoms with Crippen LogP contribution in [-0.2, 0) is 0 Å². The standard InChI is InChI=1S/C18H24N2O/c1-4-20(17-11-7-5-9-14(17)2)13-16(19)15-10-6-8-12-18(15)21-3/h5-12,16H,4,13,19H2,1-3H3. The summed E-state index contributed by atoms with van der Waals surface area (Å²) in [5.74, 6) is 0.853. The number of rotatable bonds is 6. The molecule has 2 rings (SSSR count). The van der Waals surface area contributed by atoms with E-state index in [1.54, 1.807) is 7.11 Å². The first-order valence-corrected chi connectivity index (χ1v) is 7.36. The summed E-state index contributed by atoms with van der Waals surface area (Å²) in [6, 6.07) is 16.3.